The van der Waals surface area contributed by atoms with Crippen molar-refractivity contribution in [1.82, 2.24) is 9.55 Å². The van der Waals surface area contributed by atoms with Crippen molar-refractivity contribution < 1.29 is 9.90 Å². The van der Waals surface area contributed by atoms with Crippen molar-refractivity contribution in [3.05, 3.63) is 41.2 Å². The molecule has 1 atom stereocenters. The highest BCUT2D eigenvalue weighted by Crippen LogP contribution is 2.31. The topological polar surface area (TPSA) is 55.1 Å². The number of halogens is 1. The van der Waals surface area contributed by atoms with E-state index in [1.54, 1.807) is 0 Å². The number of fused-ring (bicyclic) bond motifs is 1. The fourth-order valence-corrected chi connectivity index (χ4v) is 2.73. The summed E-state index contributed by atoms with van der Waals surface area (Å²) in [4.78, 5) is 15.5. The van der Waals surface area contributed by atoms with Gasteiger partial charge in [-0.05, 0) is 25.0 Å². The summed E-state index contributed by atoms with van der Waals surface area (Å²) in [6.07, 6.45) is 3.23. The molecule has 1 unspecified atom stereocenters. The number of rotatable bonds is 2. The van der Waals surface area contributed by atoms with E-state index < -0.39 is 5.97 Å². The molecule has 2 heterocycles. The summed E-state index contributed by atoms with van der Waals surface area (Å²) in [6, 6.07) is 7.49. The molecule has 1 N–H and O–H groups in total. The quantitative estimate of drug-likeness (QED) is 0.918. The van der Waals surface area contributed by atoms with Crippen molar-refractivity contribution in [3.63, 3.8) is 0 Å². The maximum atomic E-state index is 11.1. The summed E-state index contributed by atoms with van der Waals surface area (Å²) in [6.45, 7) is 0.464. The van der Waals surface area contributed by atoms with Crippen molar-refractivity contribution in [3.8, 4) is 11.4 Å². The average molecular weight is 277 g/mol. The number of nitrogens with zero attached hydrogens (tertiary/aromatic N) is 2. The zero-order chi connectivity index (χ0) is 13.4. The Bertz CT molecular complexity index is 636. The number of aromatic nitrogens is 2. The predicted molar refractivity (Wildman–Crippen MR) is 72.1 cm³/mol. The SMILES string of the molecule is O=C(O)C1CCc2cnc(-c3ccccc3Cl)n2C1. The second-order valence-electron chi connectivity index (χ2n) is 4.74. The van der Waals surface area contributed by atoms with Gasteiger partial charge in [-0.25, -0.2) is 4.98 Å². The molecule has 2 aromatic rings. The molecule has 0 aliphatic carbocycles. The van der Waals surface area contributed by atoms with Crippen LogP contribution in [0.4, 0.5) is 0 Å². The Morgan fingerprint density at radius 1 is 1.42 bits per heavy atom. The van der Waals surface area contributed by atoms with Crippen molar-refractivity contribution >= 4 is 17.6 Å². The second kappa shape index (κ2) is 4.70. The standard InChI is InChI=1S/C14H13ClN2O2/c15-12-4-2-1-3-11(12)13-16-7-10-6-5-9(14(18)19)8-17(10)13/h1-4,7,9H,5-6,8H2,(H,18,19). The van der Waals surface area contributed by atoms with Gasteiger partial charge in [-0.1, -0.05) is 23.7 Å². The molecule has 0 fully saturated rings. The number of aliphatic carboxylic acids is 1. The van der Waals surface area contributed by atoms with E-state index in [1.165, 1.54) is 0 Å². The number of carboxylic acids is 1. The lowest BCUT2D eigenvalue weighted by Gasteiger charge is -2.22. The minimum absolute atomic E-state index is 0.345. The lowest BCUT2D eigenvalue weighted by Crippen LogP contribution is -2.26. The third kappa shape index (κ3) is 2.12. The molecule has 98 valence electrons. The summed E-state index contributed by atoms with van der Waals surface area (Å²) in [5.41, 5.74) is 1.92. The Morgan fingerprint density at radius 3 is 2.95 bits per heavy atom. The van der Waals surface area contributed by atoms with E-state index in [1.807, 2.05) is 35.0 Å². The number of carboxylic acid groups (broad SMARTS) is 1. The predicted octanol–water partition coefficient (Wildman–Crippen LogP) is 2.85. The van der Waals surface area contributed by atoms with E-state index in [0.29, 0.717) is 18.0 Å². The normalized spacial score (nSPS) is 18.1. The molecule has 1 aliphatic rings. The highest BCUT2D eigenvalue weighted by atomic mass is 35.5. The van der Waals surface area contributed by atoms with Crippen LogP contribution in [0.25, 0.3) is 11.4 Å². The third-order valence-corrected chi connectivity index (χ3v) is 3.88. The Labute approximate surface area is 115 Å². The highest BCUT2D eigenvalue weighted by molar-refractivity contribution is 6.33. The molecule has 0 spiro atoms. The molecule has 0 radical (unpaired) electrons. The minimum Gasteiger partial charge on any atom is -0.481 e. The molecule has 5 heteroatoms. The van der Waals surface area contributed by atoms with Gasteiger partial charge in [0, 0.05) is 24.0 Å². The van der Waals surface area contributed by atoms with Crippen molar-refractivity contribution in [1.29, 1.82) is 0 Å². The first-order chi connectivity index (χ1) is 9.16. The van der Waals surface area contributed by atoms with Crippen molar-refractivity contribution in [2.75, 3.05) is 0 Å². The van der Waals surface area contributed by atoms with Gasteiger partial charge in [0.25, 0.3) is 0 Å². The van der Waals surface area contributed by atoms with E-state index in [9.17, 15) is 4.79 Å². The highest BCUT2D eigenvalue weighted by Gasteiger charge is 2.26. The van der Waals surface area contributed by atoms with Crippen LogP contribution in [0.15, 0.2) is 30.5 Å². The third-order valence-electron chi connectivity index (χ3n) is 3.55. The molecule has 3 rings (SSSR count). The van der Waals surface area contributed by atoms with Crippen molar-refractivity contribution in [2.24, 2.45) is 5.92 Å². The van der Waals surface area contributed by atoms with Gasteiger partial charge in [0.1, 0.15) is 5.82 Å². The molecule has 1 aromatic carbocycles. The number of aryl methyl sites for hydroxylation is 1. The molecule has 1 aromatic heterocycles. The maximum Gasteiger partial charge on any atom is 0.308 e. The number of carbonyl (C=O) groups is 1. The summed E-state index contributed by atoms with van der Waals surface area (Å²) in [7, 11) is 0. The van der Waals surface area contributed by atoms with E-state index in [2.05, 4.69) is 4.98 Å². The molecular weight excluding hydrogens is 264 g/mol. The van der Waals surface area contributed by atoms with Gasteiger partial charge < -0.3 is 9.67 Å². The first-order valence-electron chi connectivity index (χ1n) is 6.19. The van der Waals surface area contributed by atoms with Gasteiger partial charge in [-0.3, -0.25) is 4.79 Å². The van der Waals surface area contributed by atoms with Gasteiger partial charge in [0.15, 0.2) is 0 Å². The molecular formula is C14H13ClN2O2. The lowest BCUT2D eigenvalue weighted by atomic mass is 9.98. The molecule has 1 aliphatic heterocycles. The first kappa shape index (κ1) is 12.2. The summed E-state index contributed by atoms with van der Waals surface area (Å²) in [5.74, 6) is -0.334. The van der Waals surface area contributed by atoms with E-state index >= 15 is 0 Å². The zero-order valence-electron chi connectivity index (χ0n) is 10.2. The van der Waals surface area contributed by atoms with Crippen LogP contribution in [0.5, 0.6) is 0 Å². The number of benzene rings is 1. The Hall–Kier alpha value is -1.81. The van der Waals surface area contributed by atoms with Crippen molar-refractivity contribution in [2.45, 2.75) is 19.4 Å². The first-order valence-corrected chi connectivity index (χ1v) is 6.56. The van der Waals surface area contributed by atoms with Gasteiger partial charge in [0.05, 0.1) is 10.9 Å². The minimum atomic E-state index is -0.746. The Balaban J connectivity index is 2.04. The van der Waals surface area contributed by atoms with Crippen LogP contribution < -0.4 is 0 Å². The summed E-state index contributed by atoms with van der Waals surface area (Å²) >= 11 is 6.19. The van der Waals surface area contributed by atoms with E-state index in [0.717, 1.165) is 23.5 Å². The molecule has 19 heavy (non-hydrogen) atoms. The van der Waals surface area contributed by atoms with Crippen LogP contribution in [0, 0.1) is 5.92 Å². The Morgan fingerprint density at radius 2 is 2.21 bits per heavy atom. The average Bonchev–Trinajstić information content (AvgIpc) is 2.82. The molecule has 4 nitrogen and oxygen atoms in total. The van der Waals surface area contributed by atoms with Crippen LogP contribution in [0.3, 0.4) is 0 Å². The number of hydrogen-bond acceptors (Lipinski definition) is 2. The smallest absolute Gasteiger partial charge is 0.308 e. The summed E-state index contributed by atoms with van der Waals surface area (Å²) in [5, 5.41) is 9.79. The largest absolute Gasteiger partial charge is 0.481 e. The maximum absolute atomic E-state index is 11.1. The second-order valence-corrected chi connectivity index (χ2v) is 5.14. The summed E-state index contributed by atoms with van der Waals surface area (Å²) < 4.78 is 1.98. The van der Waals surface area contributed by atoms with Crippen LogP contribution in [-0.2, 0) is 17.8 Å². The van der Waals surface area contributed by atoms with Crippen LogP contribution >= 0.6 is 11.6 Å². The zero-order valence-corrected chi connectivity index (χ0v) is 11.0. The molecule has 0 saturated heterocycles. The van der Waals surface area contributed by atoms with Crippen LogP contribution in [0.1, 0.15) is 12.1 Å². The fraction of sp³-hybridized carbons (Fsp3) is 0.286. The number of imidazole rings is 1. The van der Waals surface area contributed by atoms with Gasteiger partial charge in [0.2, 0.25) is 0 Å². The van der Waals surface area contributed by atoms with Crippen LogP contribution in [-0.4, -0.2) is 20.6 Å². The Kier molecular flexibility index (Phi) is 3.03. The monoisotopic (exact) mass is 276 g/mol. The van der Waals surface area contributed by atoms with Gasteiger partial charge in [-0.2, -0.15) is 0 Å². The molecule has 0 saturated carbocycles. The molecule has 0 bridgehead atoms. The van der Waals surface area contributed by atoms with Crippen LogP contribution in [0.2, 0.25) is 5.02 Å². The van der Waals surface area contributed by atoms with Gasteiger partial charge >= 0.3 is 5.97 Å². The van der Waals surface area contributed by atoms with E-state index in [4.69, 9.17) is 16.7 Å². The number of hydrogen-bond donors (Lipinski definition) is 1. The lowest BCUT2D eigenvalue weighted by molar-refractivity contribution is -0.142. The van der Waals surface area contributed by atoms with E-state index in [-0.39, 0.29) is 5.92 Å². The molecule has 0 amide bonds. The van der Waals surface area contributed by atoms with Gasteiger partial charge in [-0.15, -0.1) is 0 Å². The fourth-order valence-electron chi connectivity index (χ4n) is 2.51.